The molecule has 0 amide bonds. The summed E-state index contributed by atoms with van der Waals surface area (Å²) in [4.78, 5) is 13.1. The van der Waals surface area contributed by atoms with E-state index >= 15 is 0 Å². The van der Waals surface area contributed by atoms with Crippen LogP contribution < -0.4 is 5.32 Å². The lowest BCUT2D eigenvalue weighted by Gasteiger charge is -2.25. The van der Waals surface area contributed by atoms with Gasteiger partial charge in [-0.1, -0.05) is 18.6 Å². The van der Waals surface area contributed by atoms with E-state index in [2.05, 4.69) is 44.5 Å². The molecule has 0 atom stereocenters. The standard InChI is InChI=1S/C18H19N5/c1-13-20-9-10-23(13)18-12-19-11-17(22-18)21-16-7-5-15(6-8-16)14-3-2-4-14/h5-12,14H,2-4H2,1H3,(H,21,22). The number of nitrogens with one attached hydrogen (secondary N) is 1. The van der Waals surface area contributed by atoms with Gasteiger partial charge in [0, 0.05) is 18.1 Å². The van der Waals surface area contributed by atoms with Gasteiger partial charge in [0.1, 0.15) is 5.82 Å². The van der Waals surface area contributed by atoms with Crippen molar-refractivity contribution in [1.82, 2.24) is 19.5 Å². The summed E-state index contributed by atoms with van der Waals surface area (Å²) in [5.41, 5.74) is 2.47. The Hall–Kier alpha value is -2.69. The molecule has 1 N–H and O–H groups in total. The fourth-order valence-electron chi connectivity index (χ4n) is 2.88. The van der Waals surface area contributed by atoms with Crippen LogP contribution in [0.4, 0.5) is 11.5 Å². The number of aromatic nitrogens is 4. The zero-order valence-electron chi connectivity index (χ0n) is 13.1. The average molecular weight is 305 g/mol. The summed E-state index contributed by atoms with van der Waals surface area (Å²) < 4.78 is 1.91. The summed E-state index contributed by atoms with van der Waals surface area (Å²) in [6.07, 6.45) is 11.1. The zero-order valence-corrected chi connectivity index (χ0v) is 13.1. The maximum Gasteiger partial charge on any atom is 0.159 e. The highest BCUT2D eigenvalue weighted by Gasteiger charge is 2.18. The zero-order chi connectivity index (χ0) is 15.6. The van der Waals surface area contributed by atoms with Crippen molar-refractivity contribution in [3.8, 4) is 5.82 Å². The first kappa shape index (κ1) is 13.9. The molecule has 0 saturated heterocycles. The van der Waals surface area contributed by atoms with E-state index in [1.54, 1.807) is 18.6 Å². The molecule has 4 rings (SSSR count). The molecule has 23 heavy (non-hydrogen) atoms. The van der Waals surface area contributed by atoms with Gasteiger partial charge in [-0.25, -0.2) is 9.97 Å². The smallest absolute Gasteiger partial charge is 0.159 e. The molecule has 2 heterocycles. The molecular formula is C18H19N5. The van der Waals surface area contributed by atoms with Crippen LogP contribution in [0.5, 0.6) is 0 Å². The summed E-state index contributed by atoms with van der Waals surface area (Å²) in [6.45, 7) is 1.95. The molecule has 1 fully saturated rings. The lowest BCUT2D eigenvalue weighted by molar-refractivity contribution is 0.420. The van der Waals surface area contributed by atoms with Crippen molar-refractivity contribution in [2.24, 2.45) is 0 Å². The largest absolute Gasteiger partial charge is 0.339 e. The molecule has 1 saturated carbocycles. The van der Waals surface area contributed by atoms with E-state index in [4.69, 9.17) is 0 Å². The molecule has 0 radical (unpaired) electrons. The van der Waals surface area contributed by atoms with Crippen LogP contribution in [-0.4, -0.2) is 19.5 Å². The van der Waals surface area contributed by atoms with Crippen LogP contribution in [-0.2, 0) is 0 Å². The number of imidazole rings is 1. The van der Waals surface area contributed by atoms with Gasteiger partial charge in [0.2, 0.25) is 0 Å². The topological polar surface area (TPSA) is 55.6 Å². The SMILES string of the molecule is Cc1nccn1-c1cncc(Nc2ccc(C3CCC3)cc2)n1. The molecule has 3 aromatic rings. The molecular weight excluding hydrogens is 286 g/mol. The Bertz CT molecular complexity index is 802. The Balaban J connectivity index is 1.53. The molecule has 116 valence electrons. The maximum atomic E-state index is 4.61. The second-order valence-corrected chi connectivity index (χ2v) is 5.98. The van der Waals surface area contributed by atoms with Crippen molar-refractivity contribution < 1.29 is 0 Å². The predicted octanol–water partition coefficient (Wildman–Crippen LogP) is 3.98. The van der Waals surface area contributed by atoms with Crippen molar-refractivity contribution in [3.63, 3.8) is 0 Å². The number of benzene rings is 1. The average Bonchev–Trinajstić information content (AvgIpc) is 2.94. The third-order valence-corrected chi connectivity index (χ3v) is 4.45. The maximum absolute atomic E-state index is 4.61. The normalized spacial score (nSPS) is 14.5. The van der Waals surface area contributed by atoms with E-state index in [-0.39, 0.29) is 0 Å². The summed E-state index contributed by atoms with van der Waals surface area (Å²) in [6, 6.07) is 8.65. The number of anilines is 2. The van der Waals surface area contributed by atoms with E-state index in [9.17, 15) is 0 Å². The first-order valence-corrected chi connectivity index (χ1v) is 7.99. The third kappa shape index (κ3) is 2.82. The molecule has 0 aliphatic heterocycles. The minimum absolute atomic E-state index is 0.729. The van der Waals surface area contributed by atoms with Crippen molar-refractivity contribution >= 4 is 11.5 Å². The van der Waals surface area contributed by atoms with Crippen molar-refractivity contribution in [2.45, 2.75) is 32.1 Å². The molecule has 1 aliphatic rings. The number of rotatable bonds is 4. The van der Waals surface area contributed by atoms with E-state index in [1.807, 2.05) is 17.7 Å². The molecule has 0 unspecified atom stereocenters. The Morgan fingerprint density at radius 1 is 1.13 bits per heavy atom. The van der Waals surface area contributed by atoms with E-state index in [0.717, 1.165) is 29.1 Å². The van der Waals surface area contributed by atoms with Crippen LogP contribution in [0.1, 0.15) is 36.6 Å². The lowest BCUT2D eigenvalue weighted by Crippen LogP contribution is -2.08. The fourth-order valence-corrected chi connectivity index (χ4v) is 2.88. The highest BCUT2D eigenvalue weighted by molar-refractivity contribution is 5.56. The monoisotopic (exact) mass is 305 g/mol. The third-order valence-electron chi connectivity index (χ3n) is 4.45. The quantitative estimate of drug-likeness (QED) is 0.792. The van der Waals surface area contributed by atoms with Crippen LogP contribution in [0, 0.1) is 6.92 Å². The second-order valence-electron chi connectivity index (χ2n) is 5.98. The highest BCUT2D eigenvalue weighted by atomic mass is 15.2. The van der Waals surface area contributed by atoms with Crippen LogP contribution >= 0.6 is 0 Å². The Morgan fingerprint density at radius 3 is 2.61 bits per heavy atom. The minimum atomic E-state index is 0.729. The first-order valence-electron chi connectivity index (χ1n) is 7.99. The number of hydrogen-bond donors (Lipinski definition) is 1. The van der Waals surface area contributed by atoms with Crippen LogP contribution in [0.25, 0.3) is 5.82 Å². The van der Waals surface area contributed by atoms with E-state index in [0.29, 0.717) is 0 Å². The molecule has 1 aliphatic carbocycles. The van der Waals surface area contributed by atoms with Gasteiger partial charge in [-0.2, -0.15) is 0 Å². The van der Waals surface area contributed by atoms with Gasteiger partial charge in [-0.3, -0.25) is 9.55 Å². The van der Waals surface area contributed by atoms with E-state index in [1.165, 1.54) is 24.8 Å². The number of aryl methyl sites for hydroxylation is 1. The summed E-state index contributed by atoms with van der Waals surface area (Å²) in [7, 11) is 0. The summed E-state index contributed by atoms with van der Waals surface area (Å²) in [5, 5.41) is 3.32. The van der Waals surface area contributed by atoms with Crippen LogP contribution in [0.2, 0.25) is 0 Å². The molecule has 0 spiro atoms. The number of hydrogen-bond acceptors (Lipinski definition) is 4. The molecule has 0 bridgehead atoms. The highest BCUT2D eigenvalue weighted by Crippen LogP contribution is 2.36. The van der Waals surface area contributed by atoms with Gasteiger partial charge >= 0.3 is 0 Å². The Morgan fingerprint density at radius 2 is 1.96 bits per heavy atom. The molecule has 2 aromatic heterocycles. The molecule has 5 heteroatoms. The van der Waals surface area contributed by atoms with Crippen LogP contribution in [0.3, 0.4) is 0 Å². The van der Waals surface area contributed by atoms with E-state index < -0.39 is 0 Å². The van der Waals surface area contributed by atoms with Crippen LogP contribution in [0.15, 0.2) is 49.1 Å². The molecule has 1 aromatic carbocycles. The van der Waals surface area contributed by atoms with Crippen molar-refractivity contribution in [1.29, 1.82) is 0 Å². The summed E-state index contributed by atoms with van der Waals surface area (Å²) >= 11 is 0. The van der Waals surface area contributed by atoms with Gasteiger partial charge in [-0.15, -0.1) is 0 Å². The predicted molar refractivity (Wildman–Crippen MR) is 90.2 cm³/mol. The first-order chi connectivity index (χ1) is 11.3. The van der Waals surface area contributed by atoms with Crippen molar-refractivity contribution in [2.75, 3.05) is 5.32 Å². The van der Waals surface area contributed by atoms with Gasteiger partial charge < -0.3 is 5.32 Å². The molecule has 5 nitrogen and oxygen atoms in total. The van der Waals surface area contributed by atoms with Gasteiger partial charge in [0.05, 0.1) is 12.4 Å². The Kier molecular flexibility index (Phi) is 3.54. The second kappa shape index (κ2) is 5.83. The minimum Gasteiger partial charge on any atom is -0.339 e. The summed E-state index contributed by atoms with van der Waals surface area (Å²) in [5.74, 6) is 3.14. The fraction of sp³-hybridized carbons (Fsp3) is 0.278. The van der Waals surface area contributed by atoms with Gasteiger partial charge in [-0.05, 0) is 43.4 Å². The van der Waals surface area contributed by atoms with Gasteiger partial charge in [0.25, 0.3) is 0 Å². The lowest BCUT2D eigenvalue weighted by atomic mass is 9.80. The van der Waals surface area contributed by atoms with Gasteiger partial charge in [0.15, 0.2) is 11.6 Å². The number of nitrogens with zero attached hydrogens (tertiary/aromatic N) is 4. The van der Waals surface area contributed by atoms with Crippen molar-refractivity contribution in [3.05, 3.63) is 60.4 Å². The Labute approximate surface area is 135 Å².